The molecule has 5 heteroatoms. The number of anilines is 1. The lowest BCUT2D eigenvalue weighted by molar-refractivity contribution is -0.142. The predicted octanol–water partition coefficient (Wildman–Crippen LogP) is 1.07. The average molecular weight is 223 g/mol. The fourth-order valence-corrected chi connectivity index (χ4v) is 1.32. The maximum atomic E-state index is 11.2. The molecule has 0 heterocycles. The largest absolute Gasteiger partial charge is 0.478 e. The van der Waals surface area contributed by atoms with Gasteiger partial charge in [-0.3, -0.25) is 4.79 Å². The van der Waals surface area contributed by atoms with Crippen molar-refractivity contribution in [2.24, 2.45) is 0 Å². The normalized spacial score (nSPS) is 9.81. The molecular weight excluding hydrogens is 210 g/mol. The smallest absolute Gasteiger partial charge is 0.337 e. The molecule has 0 saturated heterocycles. The third kappa shape index (κ3) is 2.73. The predicted molar refractivity (Wildman–Crippen MR) is 58.2 cm³/mol. The third-order valence-corrected chi connectivity index (χ3v) is 2.07. The molecule has 0 bridgehead atoms. The van der Waals surface area contributed by atoms with Crippen LogP contribution in [0.2, 0.25) is 0 Å². The number of rotatable bonds is 4. The van der Waals surface area contributed by atoms with Crippen molar-refractivity contribution >= 4 is 17.6 Å². The van der Waals surface area contributed by atoms with Crippen LogP contribution in [0.1, 0.15) is 22.8 Å². The maximum absolute atomic E-state index is 11.2. The number of esters is 1. The van der Waals surface area contributed by atoms with Crippen LogP contribution in [0.5, 0.6) is 0 Å². The molecule has 1 aromatic rings. The number of nitrogens with two attached hydrogens (primary N) is 1. The molecule has 0 spiro atoms. The van der Waals surface area contributed by atoms with Crippen LogP contribution in [-0.2, 0) is 16.0 Å². The Morgan fingerprint density at radius 1 is 1.44 bits per heavy atom. The minimum Gasteiger partial charge on any atom is -0.478 e. The minimum absolute atomic E-state index is 0.00167. The molecule has 0 unspecified atom stereocenters. The second kappa shape index (κ2) is 5.16. The lowest BCUT2D eigenvalue weighted by Crippen LogP contribution is -2.11. The summed E-state index contributed by atoms with van der Waals surface area (Å²) >= 11 is 0. The number of carboxylic acids is 1. The first-order chi connectivity index (χ1) is 7.56. The Morgan fingerprint density at radius 3 is 2.69 bits per heavy atom. The molecule has 3 N–H and O–H groups in total. The van der Waals surface area contributed by atoms with Gasteiger partial charge in [-0.2, -0.15) is 0 Å². The summed E-state index contributed by atoms with van der Waals surface area (Å²) in [4.78, 5) is 22.0. The summed E-state index contributed by atoms with van der Waals surface area (Å²) in [7, 11) is 0. The molecule has 16 heavy (non-hydrogen) atoms. The van der Waals surface area contributed by atoms with Crippen LogP contribution in [0, 0.1) is 0 Å². The summed E-state index contributed by atoms with van der Waals surface area (Å²) < 4.78 is 4.76. The zero-order valence-electron chi connectivity index (χ0n) is 8.90. The molecule has 0 amide bonds. The summed E-state index contributed by atoms with van der Waals surface area (Å²) in [5, 5.41) is 8.83. The van der Waals surface area contributed by atoms with Crippen molar-refractivity contribution in [3.63, 3.8) is 0 Å². The van der Waals surface area contributed by atoms with Gasteiger partial charge in [0.25, 0.3) is 0 Å². The highest BCUT2D eigenvalue weighted by Crippen LogP contribution is 2.18. The van der Waals surface area contributed by atoms with E-state index in [0.717, 1.165) is 0 Å². The molecule has 0 aliphatic heterocycles. The first kappa shape index (κ1) is 12.0. The van der Waals surface area contributed by atoms with Gasteiger partial charge in [-0.05, 0) is 18.6 Å². The molecule has 5 nitrogen and oxygen atoms in total. The quantitative estimate of drug-likeness (QED) is 0.588. The van der Waals surface area contributed by atoms with Crippen LogP contribution in [0.15, 0.2) is 18.2 Å². The van der Waals surface area contributed by atoms with E-state index in [4.69, 9.17) is 15.6 Å². The second-order valence-electron chi connectivity index (χ2n) is 3.17. The lowest BCUT2D eigenvalue weighted by atomic mass is 10.0. The van der Waals surface area contributed by atoms with Gasteiger partial charge in [0, 0.05) is 5.69 Å². The highest BCUT2D eigenvalue weighted by atomic mass is 16.5. The van der Waals surface area contributed by atoms with Crippen LogP contribution in [-0.4, -0.2) is 23.7 Å². The molecular formula is C11H13NO4. The number of hydrogen-bond acceptors (Lipinski definition) is 4. The van der Waals surface area contributed by atoms with E-state index in [-0.39, 0.29) is 24.3 Å². The molecule has 0 aliphatic carbocycles. The zero-order valence-corrected chi connectivity index (χ0v) is 8.90. The van der Waals surface area contributed by atoms with Crippen molar-refractivity contribution in [3.8, 4) is 0 Å². The lowest BCUT2D eigenvalue weighted by Gasteiger charge is -2.07. The SMILES string of the molecule is CCOC(=O)Cc1cccc(C(=O)O)c1N. The number of aromatic carboxylic acids is 1. The molecule has 0 radical (unpaired) electrons. The first-order valence-corrected chi connectivity index (χ1v) is 4.82. The van der Waals surface area contributed by atoms with Gasteiger partial charge < -0.3 is 15.6 Å². The van der Waals surface area contributed by atoms with E-state index in [1.165, 1.54) is 6.07 Å². The number of hydrogen-bond donors (Lipinski definition) is 2. The van der Waals surface area contributed by atoms with Crippen LogP contribution in [0.25, 0.3) is 0 Å². The van der Waals surface area contributed by atoms with Crippen LogP contribution in [0.3, 0.4) is 0 Å². The van der Waals surface area contributed by atoms with Gasteiger partial charge in [-0.15, -0.1) is 0 Å². The van der Waals surface area contributed by atoms with Crippen molar-refractivity contribution in [2.75, 3.05) is 12.3 Å². The van der Waals surface area contributed by atoms with E-state index >= 15 is 0 Å². The number of ether oxygens (including phenoxy) is 1. The van der Waals surface area contributed by atoms with Gasteiger partial charge in [-0.1, -0.05) is 12.1 Å². The van der Waals surface area contributed by atoms with E-state index in [1.807, 2.05) is 0 Å². The van der Waals surface area contributed by atoms with Crippen molar-refractivity contribution in [1.82, 2.24) is 0 Å². The molecule has 0 saturated carbocycles. The number of nitrogen functional groups attached to an aromatic ring is 1. The first-order valence-electron chi connectivity index (χ1n) is 4.82. The summed E-state index contributed by atoms with van der Waals surface area (Å²) in [6.45, 7) is 1.99. The van der Waals surface area contributed by atoms with Crippen molar-refractivity contribution in [1.29, 1.82) is 0 Å². The Labute approximate surface area is 92.8 Å². The van der Waals surface area contributed by atoms with Crippen LogP contribution in [0.4, 0.5) is 5.69 Å². The summed E-state index contributed by atoms with van der Waals surface area (Å²) in [5.41, 5.74) is 6.23. The van der Waals surface area contributed by atoms with Gasteiger partial charge in [-0.25, -0.2) is 4.79 Å². The number of para-hydroxylation sites is 1. The molecule has 1 rings (SSSR count). The molecule has 1 aromatic carbocycles. The van der Waals surface area contributed by atoms with Crippen LogP contribution < -0.4 is 5.73 Å². The number of carbonyl (C=O) groups excluding carboxylic acids is 1. The Hall–Kier alpha value is -2.04. The number of carboxylic acid groups (broad SMARTS) is 1. The summed E-state index contributed by atoms with van der Waals surface area (Å²) in [6, 6.07) is 4.55. The molecule has 0 aliphatic rings. The van der Waals surface area contributed by atoms with E-state index in [1.54, 1.807) is 19.1 Å². The Bertz CT molecular complexity index is 414. The van der Waals surface area contributed by atoms with Gasteiger partial charge in [0.05, 0.1) is 18.6 Å². The van der Waals surface area contributed by atoms with E-state index in [2.05, 4.69) is 0 Å². The summed E-state index contributed by atoms with van der Waals surface area (Å²) in [6.07, 6.45) is -0.0131. The van der Waals surface area contributed by atoms with Gasteiger partial charge >= 0.3 is 11.9 Å². The van der Waals surface area contributed by atoms with E-state index in [9.17, 15) is 9.59 Å². The van der Waals surface area contributed by atoms with Gasteiger partial charge in [0.2, 0.25) is 0 Å². The maximum Gasteiger partial charge on any atom is 0.337 e. The fraction of sp³-hybridized carbons (Fsp3) is 0.273. The number of benzene rings is 1. The molecule has 0 fully saturated rings. The topological polar surface area (TPSA) is 89.6 Å². The van der Waals surface area contributed by atoms with E-state index in [0.29, 0.717) is 5.56 Å². The van der Waals surface area contributed by atoms with Crippen molar-refractivity contribution in [2.45, 2.75) is 13.3 Å². The highest BCUT2D eigenvalue weighted by Gasteiger charge is 2.13. The zero-order chi connectivity index (χ0) is 12.1. The standard InChI is InChI=1S/C11H13NO4/c1-2-16-9(13)6-7-4-3-5-8(10(7)12)11(14)15/h3-5H,2,6,12H2,1H3,(H,14,15). The monoisotopic (exact) mass is 223 g/mol. The third-order valence-electron chi connectivity index (χ3n) is 2.07. The van der Waals surface area contributed by atoms with Crippen LogP contribution >= 0.6 is 0 Å². The second-order valence-corrected chi connectivity index (χ2v) is 3.17. The molecule has 0 atom stereocenters. The van der Waals surface area contributed by atoms with Gasteiger partial charge in [0.1, 0.15) is 0 Å². The van der Waals surface area contributed by atoms with E-state index < -0.39 is 11.9 Å². The fourth-order valence-electron chi connectivity index (χ4n) is 1.32. The molecule has 86 valence electrons. The Balaban J connectivity index is 2.93. The van der Waals surface area contributed by atoms with Gasteiger partial charge in [0.15, 0.2) is 0 Å². The summed E-state index contributed by atoms with van der Waals surface area (Å²) in [5.74, 6) is -1.53. The highest BCUT2D eigenvalue weighted by molar-refractivity contribution is 5.95. The number of carbonyl (C=O) groups is 2. The Kier molecular flexibility index (Phi) is 3.88. The van der Waals surface area contributed by atoms with Crippen molar-refractivity contribution < 1.29 is 19.4 Å². The minimum atomic E-state index is -1.11. The molecule has 0 aromatic heterocycles. The Morgan fingerprint density at radius 2 is 2.12 bits per heavy atom. The van der Waals surface area contributed by atoms with Crippen molar-refractivity contribution in [3.05, 3.63) is 29.3 Å². The average Bonchev–Trinajstić information content (AvgIpc) is 2.21.